The third-order valence-electron chi connectivity index (χ3n) is 4.81. The standard InChI is InChI=1S/C25H21ClN4O/c1-29(24(31)14-9-19-6-5-15-27-16-19)17-21-18-30(23-7-3-2-4-8-23)28-25(21)20-10-12-22(26)13-11-20/h2-16,18H,17H2,1H3/b14-9+. The van der Waals surface area contributed by atoms with Crippen molar-refractivity contribution in [3.05, 3.63) is 108 Å². The number of benzene rings is 2. The lowest BCUT2D eigenvalue weighted by molar-refractivity contribution is -0.125. The van der Waals surface area contributed by atoms with E-state index in [1.165, 1.54) is 0 Å². The molecule has 0 saturated heterocycles. The van der Waals surface area contributed by atoms with Crippen LogP contribution < -0.4 is 0 Å². The van der Waals surface area contributed by atoms with Crippen molar-refractivity contribution in [2.45, 2.75) is 6.54 Å². The van der Waals surface area contributed by atoms with Crippen molar-refractivity contribution < 1.29 is 4.79 Å². The summed E-state index contributed by atoms with van der Waals surface area (Å²) in [6, 6.07) is 21.2. The van der Waals surface area contributed by atoms with Crippen LogP contribution in [0.5, 0.6) is 0 Å². The Morgan fingerprint density at radius 1 is 1.06 bits per heavy atom. The molecule has 0 atom stereocenters. The van der Waals surface area contributed by atoms with Gasteiger partial charge in [0.15, 0.2) is 0 Å². The van der Waals surface area contributed by atoms with Crippen molar-refractivity contribution in [2.75, 3.05) is 7.05 Å². The predicted octanol–water partition coefficient (Wildman–Crippen LogP) is 5.26. The van der Waals surface area contributed by atoms with E-state index in [9.17, 15) is 4.79 Å². The average molecular weight is 429 g/mol. The number of nitrogens with zero attached hydrogens (tertiary/aromatic N) is 4. The molecule has 0 fully saturated rings. The first-order valence-corrected chi connectivity index (χ1v) is 10.2. The second-order valence-electron chi connectivity index (χ2n) is 7.10. The van der Waals surface area contributed by atoms with Crippen molar-refractivity contribution in [1.29, 1.82) is 0 Å². The summed E-state index contributed by atoms with van der Waals surface area (Å²) in [5, 5.41) is 5.46. The SMILES string of the molecule is CN(Cc1cn(-c2ccccc2)nc1-c1ccc(Cl)cc1)C(=O)/C=C/c1cccnc1. The zero-order valence-electron chi connectivity index (χ0n) is 17.0. The number of likely N-dealkylation sites (N-methyl/N-ethyl adjacent to an activating group) is 1. The zero-order chi connectivity index (χ0) is 21.6. The molecule has 2 aromatic carbocycles. The zero-order valence-corrected chi connectivity index (χ0v) is 17.8. The van der Waals surface area contributed by atoms with E-state index in [1.807, 2.05) is 77.6 Å². The number of carbonyl (C=O) groups excluding carboxylic acids is 1. The highest BCUT2D eigenvalue weighted by molar-refractivity contribution is 6.30. The Morgan fingerprint density at radius 3 is 2.55 bits per heavy atom. The van der Waals surface area contributed by atoms with Gasteiger partial charge in [-0.2, -0.15) is 5.10 Å². The van der Waals surface area contributed by atoms with Crippen molar-refractivity contribution >= 4 is 23.6 Å². The van der Waals surface area contributed by atoms with Gasteiger partial charge in [-0.05, 0) is 42.0 Å². The molecule has 0 N–H and O–H groups in total. The molecule has 0 spiro atoms. The molecule has 31 heavy (non-hydrogen) atoms. The molecule has 0 aliphatic heterocycles. The fraction of sp³-hybridized carbons (Fsp3) is 0.0800. The maximum atomic E-state index is 12.7. The van der Waals surface area contributed by atoms with E-state index in [0.717, 1.165) is 28.1 Å². The quantitative estimate of drug-likeness (QED) is 0.393. The van der Waals surface area contributed by atoms with Crippen molar-refractivity contribution in [2.24, 2.45) is 0 Å². The first-order chi connectivity index (χ1) is 15.1. The number of hydrogen-bond donors (Lipinski definition) is 0. The minimum atomic E-state index is -0.0987. The Kier molecular flexibility index (Phi) is 6.24. The molecule has 0 bridgehead atoms. The van der Waals surface area contributed by atoms with Crippen LogP contribution in [0.25, 0.3) is 23.0 Å². The summed E-state index contributed by atoms with van der Waals surface area (Å²) < 4.78 is 1.84. The molecule has 0 radical (unpaired) electrons. The van der Waals surface area contributed by atoms with Crippen LogP contribution in [0.4, 0.5) is 0 Å². The van der Waals surface area contributed by atoms with Gasteiger partial charge in [0.05, 0.1) is 11.4 Å². The molecular weight excluding hydrogens is 408 g/mol. The van der Waals surface area contributed by atoms with Crippen LogP contribution in [-0.2, 0) is 11.3 Å². The largest absolute Gasteiger partial charge is 0.338 e. The fourth-order valence-electron chi connectivity index (χ4n) is 3.19. The molecule has 2 heterocycles. The first-order valence-electron chi connectivity index (χ1n) is 9.83. The highest BCUT2D eigenvalue weighted by atomic mass is 35.5. The molecule has 154 valence electrons. The van der Waals surface area contributed by atoms with E-state index < -0.39 is 0 Å². The van der Waals surface area contributed by atoms with E-state index in [0.29, 0.717) is 11.6 Å². The second kappa shape index (κ2) is 9.41. The van der Waals surface area contributed by atoms with Gasteiger partial charge in [-0.15, -0.1) is 0 Å². The topological polar surface area (TPSA) is 51.0 Å². The Hall–Kier alpha value is -3.70. The molecule has 2 aromatic heterocycles. The number of carbonyl (C=O) groups is 1. The maximum Gasteiger partial charge on any atom is 0.246 e. The summed E-state index contributed by atoms with van der Waals surface area (Å²) in [6.07, 6.45) is 8.70. The number of rotatable bonds is 6. The average Bonchev–Trinajstić information content (AvgIpc) is 3.23. The predicted molar refractivity (Wildman–Crippen MR) is 124 cm³/mol. The highest BCUT2D eigenvalue weighted by Crippen LogP contribution is 2.26. The molecule has 5 nitrogen and oxygen atoms in total. The van der Waals surface area contributed by atoms with Gasteiger partial charge in [-0.3, -0.25) is 9.78 Å². The van der Waals surface area contributed by atoms with Gasteiger partial charge in [0.1, 0.15) is 0 Å². The minimum Gasteiger partial charge on any atom is -0.338 e. The van der Waals surface area contributed by atoms with Gasteiger partial charge in [-0.1, -0.05) is 48.0 Å². The molecule has 0 aliphatic rings. The molecule has 0 aliphatic carbocycles. The van der Waals surface area contributed by atoms with Crippen LogP contribution in [0, 0.1) is 0 Å². The third-order valence-corrected chi connectivity index (χ3v) is 5.07. The van der Waals surface area contributed by atoms with Crippen LogP contribution in [0.2, 0.25) is 5.02 Å². The van der Waals surface area contributed by atoms with Crippen molar-refractivity contribution in [3.63, 3.8) is 0 Å². The summed E-state index contributed by atoms with van der Waals surface area (Å²) in [5.74, 6) is -0.0987. The number of amides is 1. The molecular formula is C25H21ClN4O. The Labute approximate surface area is 186 Å². The molecule has 4 rings (SSSR count). The van der Waals surface area contributed by atoms with E-state index >= 15 is 0 Å². The molecule has 0 saturated carbocycles. The molecule has 1 amide bonds. The summed E-state index contributed by atoms with van der Waals surface area (Å²) in [6.45, 7) is 0.418. The number of hydrogen-bond acceptors (Lipinski definition) is 3. The van der Waals surface area contributed by atoms with Crippen LogP contribution in [-0.4, -0.2) is 32.6 Å². The lowest BCUT2D eigenvalue weighted by Gasteiger charge is -2.15. The van der Waals surface area contributed by atoms with Crippen LogP contribution in [0.15, 0.2) is 91.4 Å². The lowest BCUT2D eigenvalue weighted by atomic mass is 10.1. The number of para-hydroxylation sites is 1. The molecule has 6 heteroatoms. The van der Waals surface area contributed by atoms with Gasteiger partial charge in [-0.25, -0.2) is 4.68 Å². The highest BCUT2D eigenvalue weighted by Gasteiger charge is 2.16. The summed E-state index contributed by atoms with van der Waals surface area (Å²) in [5.41, 5.74) is 4.53. The van der Waals surface area contributed by atoms with E-state index in [2.05, 4.69) is 4.98 Å². The Balaban J connectivity index is 1.61. The van der Waals surface area contributed by atoms with Gasteiger partial charge in [0.2, 0.25) is 5.91 Å². The second-order valence-corrected chi connectivity index (χ2v) is 7.54. The number of halogens is 1. The third kappa shape index (κ3) is 5.08. The summed E-state index contributed by atoms with van der Waals surface area (Å²) in [4.78, 5) is 18.4. The summed E-state index contributed by atoms with van der Waals surface area (Å²) >= 11 is 6.06. The molecule has 0 unspecified atom stereocenters. The first kappa shape index (κ1) is 20.6. The smallest absolute Gasteiger partial charge is 0.246 e. The lowest BCUT2D eigenvalue weighted by Crippen LogP contribution is -2.24. The normalized spacial score (nSPS) is 11.0. The molecule has 4 aromatic rings. The number of pyridine rings is 1. The Morgan fingerprint density at radius 2 is 1.84 bits per heavy atom. The van der Waals surface area contributed by atoms with Gasteiger partial charge >= 0.3 is 0 Å². The van der Waals surface area contributed by atoms with Gasteiger partial charge in [0, 0.05) is 54.4 Å². The van der Waals surface area contributed by atoms with Crippen molar-refractivity contribution in [3.8, 4) is 16.9 Å². The monoisotopic (exact) mass is 428 g/mol. The van der Waals surface area contributed by atoms with Crippen molar-refractivity contribution in [1.82, 2.24) is 19.7 Å². The maximum absolute atomic E-state index is 12.7. The van der Waals surface area contributed by atoms with Crippen LogP contribution in [0.3, 0.4) is 0 Å². The fourth-order valence-corrected chi connectivity index (χ4v) is 3.32. The van der Waals surface area contributed by atoms with E-state index in [4.69, 9.17) is 16.7 Å². The number of aromatic nitrogens is 3. The minimum absolute atomic E-state index is 0.0987. The van der Waals surface area contributed by atoms with Crippen LogP contribution in [0.1, 0.15) is 11.1 Å². The van der Waals surface area contributed by atoms with E-state index in [1.54, 1.807) is 36.5 Å². The van der Waals surface area contributed by atoms with Crippen LogP contribution >= 0.6 is 11.6 Å². The summed E-state index contributed by atoms with van der Waals surface area (Å²) in [7, 11) is 1.78. The van der Waals surface area contributed by atoms with Gasteiger partial charge in [0.25, 0.3) is 0 Å². The van der Waals surface area contributed by atoms with Gasteiger partial charge < -0.3 is 4.90 Å². The van der Waals surface area contributed by atoms with E-state index in [-0.39, 0.29) is 5.91 Å². The Bertz CT molecular complexity index is 1190.